The number of aryl methyl sites for hydroxylation is 2. The van der Waals surface area contributed by atoms with E-state index in [1.54, 1.807) is 17.4 Å². The number of carbonyl (C=O) groups excluding carboxylic acids is 1. The Bertz CT molecular complexity index is 853. The average Bonchev–Trinajstić information content (AvgIpc) is 3.15. The quantitative estimate of drug-likeness (QED) is 0.744. The molecule has 0 fully saturated rings. The highest BCUT2D eigenvalue weighted by atomic mass is 32.1. The normalized spacial score (nSPS) is 12.7. The molecule has 1 N–H and O–H groups in total. The third kappa shape index (κ3) is 3.33. The molecule has 0 spiro atoms. The van der Waals surface area contributed by atoms with Gasteiger partial charge in [0.1, 0.15) is 0 Å². The maximum Gasteiger partial charge on any atom is 0.258 e. The van der Waals surface area contributed by atoms with Crippen molar-refractivity contribution in [2.45, 2.75) is 40.2 Å². The number of fused-ring (bicyclic) bond motifs is 1. The molecule has 5 nitrogen and oxygen atoms in total. The molecule has 3 heterocycles. The van der Waals surface area contributed by atoms with E-state index >= 15 is 0 Å². The summed E-state index contributed by atoms with van der Waals surface area (Å²) in [5.74, 6) is 0.366. The number of aromatic nitrogens is 2. The van der Waals surface area contributed by atoms with Crippen molar-refractivity contribution < 1.29 is 9.32 Å². The Morgan fingerprint density at radius 1 is 1.38 bits per heavy atom. The highest BCUT2D eigenvalue weighted by Gasteiger charge is 2.22. The highest BCUT2D eigenvalue weighted by Crippen LogP contribution is 2.27. The number of nitrogens with one attached hydrogen (secondary N) is 1. The van der Waals surface area contributed by atoms with E-state index in [9.17, 15) is 4.79 Å². The molecule has 3 rings (SSSR count). The molecule has 0 aliphatic rings. The Morgan fingerprint density at radius 2 is 2.17 bits per heavy atom. The first-order valence-electron chi connectivity index (χ1n) is 8.03. The Hall–Kier alpha value is -2.21. The zero-order chi connectivity index (χ0) is 17.3. The van der Waals surface area contributed by atoms with Gasteiger partial charge in [-0.3, -0.25) is 4.79 Å². The molecule has 3 aromatic rings. The molecular formula is C18H21N3O2S. The number of nitrogens with zero attached hydrogens (tertiary/aromatic N) is 2. The second kappa shape index (κ2) is 6.73. The van der Waals surface area contributed by atoms with E-state index in [4.69, 9.17) is 4.52 Å². The van der Waals surface area contributed by atoms with Crippen molar-refractivity contribution in [1.82, 2.24) is 15.5 Å². The maximum absolute atomic E-state index is 12.9. The topological polar surface area (TPSA) is 68.0 Å². The summed E-state index contributed by atoms with van der Waals surface area (Å²) < 4.78 is 5.22. The molecule has 3 aromatic heterocycles. The third-order valence-corrected chi connectivity index (χ3v) is 4.87. The van der Waals surface area contributed by atoms with Crippen LogP contribution in [-0.4, -0.2) is 16.0 Å². The fraction of sp³-hybridized carbons (Fsp3) is 0.389. The first-order chi connectivity index (χ1) is 11.5. The first kappa shape index (κ1) is 16.6. The predicted molar refractivity (Wildman–Crippen MR) is 95.3 cm³/mol. The Kier molecular flexibility index (Phi) is 4.66. The summed E-state index contributed by atoms with van der Waals surface area (Å²) in [6, 6.07) is 5.87. The van der Waals surface area contributed by atoms with E-state index in [0.717, 1.165) is 12.1 Å². The molecule has 0 radical (unpaired) electrons. The molecule has 0 saturated heterocycles. The van der Waals surface area contributed by atoms with Crippen LogP contribution in [-0.2, 0) is 0 Å². The molecule has 0 saturated carbocycles. The molecule has 0 aliphatic carbocycles. The number of hydrogen-bond acceptors (Lipinski definition) is 5. The van der Waals surface area contributed by atoms with Gasteiger partial charge in [0, 0.05) is 10.6 Å². The third-order valence-electron chi connectivity index (χ3n) is 3.89. The van der Waals surface area contributed by atoms with Crippen LogP contribution in [0, 0.1) is 19.8 Å². The molecule has 1 amide bonds. The number of carbonyl (C=O) groups is 1. The van der Waals surface area contributed by atoms with Crippen molar-refractivity contribution in [3.63, 3.8) is 0 Å². The molecule has 126 valence electrons. The number of rotatable bonds is 5. The van der Waals surface area contributed by atoms with E-state index in [0.29, 0.717) is 28.3 Å². The summed E-state index contributed by atoms with van der Waals surface area (Å²) in [4.78, 5) is 18.4. The van der Waals surface area contributed by atoms with Crippen LogP contribution in [0.3, 0.4) is 0 Å². The van der Waals surface area contributed by atoms with Crippen molar-refractivity contribution in [1.29, 1.82) is 0 Å². The average molecular weight is 343 g/mol. The summed E-state index contributed by atoms with van der Waals surface area (Å²) in [6.07, 6.45) is 0.891. The first-order valence-corrected chi connectivity index (χ1v) is 8.91. The second-order valence-electron chi connectivity index (χ2n) is 6.43. The largest absolute Gasteiger partial charge is 0.344 e. The van der Waals surface area contributed by atoms with Gasteiger partial charge in [-0.1, -0.05) is 25.1 Å². The summed E-state index contributed by atoms with van der Waals surface area (Å²) in [6.45, 7) is 7.99. The molecular weight excluding hydrogens is 322 g/mol. The van der Waals surface area contributed by atoms with E-state index < -0.39 is 0 Å². The van der Waals surface area contributed by atoms with Gasteiger partial charge in [0.15, 0.2) is 0 Å². The van der Waals surface area contributed by atoms with Gasteiger partial charge in [0.2, 0.25) is 0 Å². The second-order valence-corrected chi connectivity index (χ2v) is 7.41. The van der Waals surface area contributed by atoms with Crippen LogP contribution in [0.25, 0.3) is 11.1 Å². The summed E-state index contributed by atoms with van der Waals surface area (Å²) >= 11 is 1.66. The Balaban J connectivity index is 1.95. The number of thiophene rings is 1. The van der Waals surface area contributed by atoms with Crippen molar-refractivity contribution in [3.8, 4) is 0 Å². The Labute approximate surface area is 145 Å². The molecule has 24 heavy (non-hydrogen) atoms. The Morgan fingerprint density at radius 3 is 2.83 bits per heavy atom. The minimum Gasteiger partial charge on any atom is -0.344 e. The minimum absolute atomic E-state index is 0.00110. The van der Waals surface area contributed by atoms with Gasteiger partial charge in [-0.2, -0.15) is 0 Å². The minimum atomic E-state index is -0.115. The van der Waals surface area contributed by atoms with Crippen LogP contribution >= 0.6 is 11.3 Å². The zero-order valence-corrected chi connectivity index (χ0v) is 15.1. The van der Waals surface area contributed by atoms with Crippen LogP contribution < -0.4 is 5.32 Å². The number of hydrogen-bond donors (Lipinski definition) is 1. The van der Waals surface area contributed by atoms with Crippen LogP contribution in [0.2, 0.25) is 0 Å². The van der Waals surface area contributed by atoms with Gasteiger partial charge in [0.05, 0.1) is 22.7 Å². The molecule has 0 aliphatic heterocycles. The fourth-order valence-corrected chi connectivity index (χ4v) is 3.63. The molecule has 1 atom stereocenters. The summed E-state index contributed by atoms with van der Waals surface area (Å²) in [5, 5.41) is 9.84. The molecule has 0 unspecified atom stereocenters. The van der Waals surface area contributed by atoms with Gasteiger partial charge < -0.3 is 9.84 Å². The van der Waals surface area contributed by atoms with E-state index in [-0.39, 0.29) is 11.9 Å². The molecule has 0 aromatic carbocycles. The summed E-state index contributed by atoms with van der Waals surface area (Å²) in [5.41, 5.74) is 2.40. The fourth-order valence-electron chi connectivity index (χ4n) is 2.84. The van der Waals surface area contributed by atoms with Gasteiger partial charge in [-0.05, 0) is 43.7 Å². The number of amides is 1. The lowest BCUT2D eigenvalue weighted by atomic mass is 10.0. The maximum atomic E-state index is 12.9. The van der Waals surface area contributed by atoms with Gasteiger partial charge in [-0.15, -0.1) is 11.3 Å². The molecule has 6 heteroatoms. The lowest BCUT2D eigenvalue weighted by molar-refractivity contribution is 0.0934. The van der Waals surface area contributed by atoms with E-state index in [2.05, 4.69) is 35.4 Å². The van der Waals surface area contributed by atoms with Crippen LogP contribution in [0.15, 0.2) is 28.1 Å². The lowest BCUT2D eigenvalue weighted by Crippen LogP contribution is -2.29. The SMILES string of the molecule is Cc1cc(C(=O)N[C@@H](CC(C)C)c2cccs2)c2c(C)noc2n1. The van der Waals surface area contributed by atoms with Crippen molar-refractivity contribution >= 4 is 28.3 Å². The van der Waals surface area contributed by atoms with Gasteiger partial charge in [-0.25, -0.2) is 4.98 Å². The smallest absolute Gasteiger partial charge is 0.258 e. The summed E-state index contributed by atoms with van der Waals surface area (Å²) in [7, 11) is 0. The van der Waals surface area contributed by atoms with Crippen molar-refractivity contribution in [2.24, 2.45) is 5.92 Å². The highest BCUT2D eigenvalue weighted by molar-refractivity contribution is 7.10. The van der Waals surface area contributed by atoms with Crippen LogP contribution in [0.5, 0.6) is 0 Å². The van der Waals surface area contributed by atoms with Crippen molar-refractivity contribution in [2.75, 3.05) is 0 Å². The van der Waals surface area contributed by atoms with E-state index in [1.165, 1.54) is 4.88 Å². The van der Waals surface area contributed by atoms with Crippen LogP contribution in [0.4, 0.5) is 0 Å². The monoisotopic (exact) mass is 343 g/mol. The van der Waals surface area contributed by atoms with E-state index in [1.807, 2.05) is 25.3 Å². The van der Waals surface area contributed by atoms with Crippen LogP contribution in [0.1, 0.15) is 52.9 Å². The lowest BCUT2D eigenvalue weighted by Gasteiger charge is -2.20. The number of pyridine rings is 1. The van der Waals surface area contributed by atoms with Crippen molar-refractivity contribution in [3.05, 3.63) is 45.4 Å². The van der Waals surface area contributed by atoms with Gasteiger partial charge in [0.25, 0.3) is 11.6 Å². The predicted octanol–water partition coefficient (Wildman–Crippen LogP) is 4.42. The standard InChI is InChI=1S/C18H21N3O2S/c1-10(2)8-14(15-6-5-7-24-15)20-17(22)13-9-11(3)19-18-16(13)12(4)21-23-18/h5-7,9-10,14H,8H2,1-4H3,(H,20,22)/t14-/m0/s1. The van der Waals surface area contributed by atoms with Gasteiger partial charge >= 0.3 is 0 Å². The zero-order valence-electron chi connectivity index (χ0n) is 14.3. The molecule has 0 bridgehead atoms.